The highest BCUT2D eigenvalue weighted by Crippen LogP contribution is 2.15. The summed E-state index contributed by atoms with van der Waals surface area (Å²) in [5.74, 6) is -1.16. The lowest BCUT2D eigenvalue weighted by molar-refractivity contribution is -0.139. The van der Waals surface area contributed by atoms with Gasteiger partial charge in [0.05, 0.1) is 18.2 Å². The highest BCUT2D eigenvalue weighted by molar-refractivity contribution is 5.81. The number of carbonyl (C=O) groups excluding carboxylic acids is 1. The van der Waals surface area contributed by atoms with Gasteiger partial charge in [-0.15, -0.1) is 0 Å². The average molecular weight is 283 g/mol. The summed E-state index contributed by atoms with van der Waals surface area (Å²) in [7, 11) is 0. The summed E-state index contributed by atoms with van der Waals surface area (Å²) in [4.78, 5) is 27.0. The second kappa shape index (κ2) is 6.40. The Morgan fingerprint density at radius 3 is 2.65 bits per heavy atom. The summed E-state index contributed by atoms with van der Waals surface area (Å²) in [6.45, 7) is 7.74. The van der Waals surface area contributed by atoms with Crippen LogP contribution in [0.5, 0.6) is 0 Å². The molecule has 1 unspecified atom stereocenters. The predicted molar refractivity (Wildman–Crippen MR) is 72.3 cm³/mol. The lowest BCUT2D eigenvalue weighted by Gasteiger charge is -2.22. The Morgan fingerprint density at radius 2 is 2.15 bits per heavy atom. The maximum atomic E-state index is 11.7. The molecule has 0 aliphatic carbocycles. The molecule has 2 N–H and O–H groups in total. The van der Waals surface area contributed by atoms with Crippen LogP contribution in [0.4, 0.5) is 4.79 Å². The number of alkyl carbamates (subject to hydrolysis) is 1. The number of carbonyl (C=O) groups is 2. The first-order valence-corrected chi connectivity index (χ1v) is 6.47. The zero-order valence-electron chi connectivity index (χ0n) is 12.2. The zero-order chi connectivity index (χ0) is 15.3. The van der Waals surface area contributed by atoms with Crippen molar-refractivity contribution < 1.29 is 19.4 Å². The number of hydrogen-bond acceptors (Lipinski definition) is 4. The fraction of sp³-hybridized carbons (Fsp3) is 0.615. The van der Waals surface area contributed by atoms with Gasteiger partial charge in [-0.3, -0.25) is 0 Å². The van der Waals surface area contributed by atoms with E-state index >= 15 is 0 Å². The maximum Gasteiger partial charge on any atom is 0.408 e. The molecular formula is C13H21N3O4. The molecule has 1 amide bonds. The van der Waals surface area contributed by atoms with Gasteiger partial charge in [0.1, 0.15) is 5.60 Å². The molecule has 1 heterocycles. The van der Waals surface area contributed by atoms with Gasteiger partial charge in [0.15, 0.2) is 6.04 Å². The van der Waals surface area contributed by atoms with Gasteiger partial charge in [-0.1, -0.05) is 6.92 Å². The number of carboxylic acid groups (broad SMARTS) is 1. The topological polar surface area (TPSA) is 93.5 Å². The van der Waals surface area contributed by atoms with Crippen molar-refractivity contribution in [2.45, 2.75) is 52.3 Å². The van der Waals surface area contributed by atoms with Crippen molar-refractivity contribution in [3.63, 3.8) is 0 Å². The van der Waals surface area contributed by atoms with E-state index in [1.54, 1.807) is 31.7 Å². The van der Waals surface area contributed by atoms with Gasteiger partial charge >= 0.3 is 12.1 Å². The molecule has 7 heteroatoms. The quantitative estimate of drug-likeness (QED) is 0.861. The largest absolute Gasteiger partial charge is 0.479 e. The van der Waals surface area contributed by atoms with Crippen LogP contribution in [0.15, 0.2) is 12.5 Å². The van der Waals surface area contributed by atoms with Crippen molar-refractivity contribution in [3.05, 3.63) is 18.2 Å². The van der Waals surface area contributed by atoms with Gasteiger partial charge in [-0.2, -0.15) is 0 Å². The van der Waals surface area contributed by atoms with E-state index in [-0.39, 0.29) is 0 Å². The van der Waals surface area contributed by atoms with E-state index in [1.165, 1.54) is 6.20 Å². The second-order valence-electron chi connectivity index (χ2n) is 5.43. The van der Waals surface area contributed by atoms with E-state index in [1.807, 2.05) is 6.92 Å². The summed E-state index contributed by atoms with van der Waals surface area (Å²) in [5.41, 5.74) is -0.262. The Hall–Kier alpha value is -2.05. The lowest BCUT2D eigenvalue weighted by Crippen LogP contribution is -2.38. The fourth-order valence-electron chi connectivity index (χ4n) is 1.69. The van der Waals surface area contributed by atoms with Crippen LogP contribution in [0, 0.1) is 0 Å². The van der Waals surface area contributed by atoms with E-state index in [9.17, 15) is 14.7 Å². The van der Waals surface area contributed by atoms with E-state index in [0.29, 0.717) is 12.2 Å². The molecule has 112 valence electrons. The van der Waals surface area contributed by atoms with Gasteiger partial charge < -0.3 is 19.7 Å². The molecule has 0 radical (unpaired) electrons. The lowest BCUT2D eigenvalue weighted by atomic mass is 10.2. The third-order valence-corrected chi connectivity index (χ3v) is 2.41. The molecule has 1 rings (SSSR count). The highest BCUT2D eigenvalue weighted by atomic mass is 16.6. The van der Waals surface area contributed by atoms with Crippen molar-refractivity contribution in [2.75, 3.05) is 0 Å². The Bertz CT molecular complexity index is 476. The Kier molecular flexibility index (Phi) is 5.12. The molecule has 20 heavy (non-hydrogen) atoms. The van der Waals surface area contributed by atoms with Crippen LogP contribution < -0.4 is 5.32 Å². The number of nitrogens with zero attached hydrogens (tertiary/aromatic N) is 2. The van der Waals surface area contributed by atoms with Crippen LogP contribution in [-0.4, -0.2) is 32.3 Å². The molecule has 0 aliphatic rings. The number of amides is 1. The van der Waals surface area contributed by atoms with Crippen LogP contribution in [0.2, 0.25) is 0 Å². The number of nitrogens with one attached hydrogen (secondary N) is 1. The monoisotopic (exact) mass is 283 g/mol. The minimum absolute atomic E-state index is 0.421. The van der Waals surface area contributed by atoms with Crippen LogP contribution in [0.3, 0.4) is 0 Å². The normalized spacial score (nSPS) is 12.8. The number of rotatable bonds is 5. The molecule has 0 aliphatic heterocycles. The molecule has 0 spiro atoms. The third-order valence-electron chi connectivity index (χ3n) is 2.41. The minimum atomic E-state index is -1.18. The van der Waals surface area contributed by atoms with Crippen LogP contribution in [0.1, 0.15) is 45.9 Å². The maximum absolute atomic E-state index is 11.7. The van der Waals surface area contributed by atoms with Crippen LogP contribution in [-0.2, 0) is 16.1 Å². The Balaban J connectivity index is 2.87. The molecule has 0 saturated carbocycles. The van der Waals surface area contributed by atoms with Gasteiger partial charge in [0, 0.05) is 6.54 Å². The molecule has 0 aromatic carbocycles. The fourth-order valence-corrected chi connectivity index (χ4v) is 1.69. The third kappa shape index (κ3) is 4.56. The van der Waals surface area contributed by atoms with E-state index in [4.69, 9.17) is 4.74 Å². The van der Waals surface area contributed by atoms with Gasteiger partial charge in [0.2, 0.25) is 0 Å². The number of hydrogen-bond donors (Lipinski definition) is 2. The molecule has 0 saturated heterocycles. The van der Waals surface area contributed by atoms with Crippen LogP contribution in [0.25, 0.3) is 0 Å². The molecule has 1 aromatic heterocycles. The van der Waals surface area contributed by atoms with Crippen molar-refractivity contribution in [2.24, 2.45) is 0 Å². The van der Waals surface area contributed by atoms with E-state index in [2.05, 4.69) is 10.3 Å². The summed E-state index contributed by atoms with van der Waals surface area (Å²) in [5, 5.41) is 11.6. The van der Waals surface area contributed by atoms with E-state index in [0.717, 1.165) is 6.42 Å². The second-order valence-corrected chi connectivity index (χ2v) is 5.43. The summed E-state index contributed by atoms with van der Waals surface area (Å²) >= 11 is 0. The highest BCUT2D eigenvalue weighted by Gasteiger charge is 2.27. The molecular weight excluding hydrogens is 262 g/mol. The first-order chi connectivity index (χ1) is 9.24. The number of aromatic nitrogens is 2. The molecule has 0 bridgehead atoms. The SMILES string of the molecule is CCCn1cncc1C(NC(=O)OC(C)(C)C)C(=O)O. The molecule has 0 fully saturated rings. The summed E-state index contributed by atoms with van der Waals surface area (Å²) in [6, 6.07) is -1.18. The van der Waals surface area contributed by atoms with Gasteiger partial charge in [-0.05, 0) is 27.2 Å². The van der Waals surface area contributed by atoms with E-state index < -0.39 is 23.7 Å². The Labute approximate surface area is 118 Å². The van der Waals surface area contributed by atoms with Crippen LogP contribution >= 0.6 is 0 Å². The van der Waals surface area contributed by atoms with Crippen molar-refractivity contribution in [1.82, 2.24) is 14.9 Å². The minimum Gasteiger partial charge on any atom is -0.479 e. The van der Waals surface area contributed by atoms with Crippen molar-refractivity contribution in [1.29, 1.82) is 0 Å². The predicted octanol–water partition coefficient (Wildman–Crippen LogP) is 1.94. The molecule has 7 nitrogen and oxygen atoms in total. The van der Waals surface area contributed by atoms with Gasteiger partial charge in [-0.25, -0.2) is 14.6 Å². The smallest absolute Gasteiger partial charge is 0.408 e. The number of ether oxygens (including phenoxy) is 1. The average Bonchev–Trinajstić information content (AvgIpc) is 2.71. The zero-order valence-corrected chi connectivity index (χ0v) is 12.2. The standard InChI is InChI=1S/C13H21N3O4/c1-5-6-16-8-14-7-9(16)10(11(17)18)15-12(19)20-13(2,3)4/h7-8,10H,5-6H2,1-4H3,(H,15,19)(H,17,18). The first-order valence-electron chi connectivity index (χ1n) is 6.47. The number of aryl methyl sites for hydroxylation is 1. The Morgan fingerprint density at radius 1 is 1.50 bits per heavy atom. The van der Waals surface area contributed by atoms with Gasteiger partial charge in [0.25, 0.3) is 0 Å². The van der Waals surface area contributed by atoms with Crippen molar-refractivity contribution >= 4 is 12.1 Å². The summed E-state index contributed by atoms with van der Waals surface area (Å²) < 4.78 is 6.78. The number of aliphatic carboxylic acids is 1. The summed E-state index contributed by atoms with van der Waals surface area (Å²) in [6.07, 6.45) is 3.05. The molecule has 1 atom stereocenters. The van der Waals surface area contributed by atoms with Crippen molar-refractivity contribution in [3.8, 4) is 0 Å². The number of imidazole rings is 1. The molecule has 1 aromatic rings. The number of carboxylic acids is 1. The first kappa shape index (κ1) is 16.0.